The monoisotopic (exact) mass is 652 g/mol. The van der Waals surface area contributed by atoms with Crippen molar-refractivity contribution in [3.63, 3.8) is 0 Å². The number of carbonyl (C=O) groups excluding carboxylic acids is 3. The second-order valence-corrected chi connectivity index (χ2v) is 14.3. The standard InChI is InChI=1S/C35H48N4O8/c1-6-10-22-19-35(22,32(42)43)37-30(40)28-18-25(47-38-27-14-9-11-21-15-16-24(45-5)17-26(21)27)20-39(28)31(41)29(34(2,3)4)36-33(44)46-23-12-7-8-13-23/h6,15-17,22-23,25,28-29H,1,7-14,18-20H2,2-5H3,(H,36,44)(H,37,40)(H,42,43)/b38-27+/t22-,25-,28+,29-,35-/m1/s1. The number of benzene rings is 1. The third-order valence-electron chi connectivity index (χ3n) is 9.88. The lowest BCUT2D eigenvalue weighted by atomic mass is 9.85. The van der Waals surface area contributed by atoms with Crippen molar-refractivity contribution in [2.24, 2.45) is 16.5 Å². The highest BCUT2D eigenvalue weighted by Crippen LogP contribution is 2.46. The second kappa shape index (κ2) is 13.9. The number of likely N-dealkylation sites (tertiary alicyclic amines) is 1. The first-order valence-corrected chi connectivity index (χ1v) is 16.7. The summed E-state index contributed by atoms with van der Waals surface area (Å²) in [6, 6.07) is 3.82. The van der Waals surface area contributed by atoms with Gasteiger partial charge in [0.1, 0.15) is 35.6 Å². The van der Waals surface area contributed by atoms with Crippen LogP contribution in [0.2, 0.25) is 0 Å². The number of carboxylic acid groups (broad SMARTS) is 1. The topological polar surface area (TPSA) is 156 Å². The summed E-state index contributed by atoms with van der Waals surface area (Å²) in [5.41, 5.74) is 0.691. The van der Waals surface area contributed by atoms with Crippen LogP contribution in [0.25, 0.3) is 0 Å². The first-order chi connectivity index (χ1) is 22.4. The van der Waals surface area contributed by atoms with Crippen LogP contribution in [0.4, 0.5) is 4.79 Å². The lowest BCUT2D eigenvalue weighted by molar-refractivity contribution is -0.146. The zero-order chi connectivity index (χ0) is 33.9. The number of hydrogen-bond acceptors (Lipinski definition) is 8. The molecule has 5 atom stereocenters. The van der Waals surface area contributed by atoms with E-state index in [-0.39, 0.29) is 31.4 Å². The van der Waals surface area contributed by atoms with Gasteiger partial charge in [-0.15, -0.1) is 6.58 Å². The lowest BCUT2D eigenvalue weighted by Crippen LogP contribution is -2.59. The second-order valence-electron chi connectivity index (χ2n) is 14.3. The summed E-state index contributed by atoms with van der Waals surface area (Å²) in [5.74, 6) is -1.76. The number of rotatable bonds is 11. The molecule has 3 aliphatic carbocycles. The van der Waals surface area contributed by atoms with Crippen LogP contribution in [0.3, 0.4) is 0 Å². The number of oxime groups is 1. The molecule has 3 amide bonds. The average Bonchev–Trinajstić information content (AvgIpc) is 3.34. The zero-order valence-electron chi connectivity index (χ0n) is 27.9. The normalized spacial score (nSPS) is 27.0. The maximum atomic E-state index is 14.3. The molecule has 0 unspecified atom stereocenters. The molecule has 1 aliphatic heterocycles. The number of ether oxygens (including phenoxy) is 2. The highest BCUT2D eigenvalue weighted by Gasteiger charge is 2.62. The molecule has 12 heteroatoms. The van der Waals surface area contributed by atoms with Crippen LogP contribution >= 0.6 is 0 Å². The highest BCUT2D eigenvalue weighted by atomic mass is 16.6. The van der Waals surface area contributed by atoms with E-state index in [1.165, 1.54) is 4.90 Å². The Balaban J connectivity index is 1.38. The van der Waals surface area contributed by atoms with Gasteiger partial charge in [-0.25, -0.2) is 9.59 Å². The fourth-order valence-electron chi connectivity index (χ4n) is 7.06. The number of amides is 3. The van der Waals surface area contributed by atoms with Crippen molar-refractivity contribution in [3.8, 4) is 5.75 Å². The van der Waals surface area contributed by atoms with E-state index in [0.29, 0.717) is 18.6 Å². The van der Waals surface area contributed by atoms with Gasteiger partial charge in [0.15, 0.2) is 0 Å². The quantitative estimate of drug-likeness (QED) is 0.236. The van der Waals surface area contributed by atoms with E-state index in [0.717, 1.165) is 55.4 Å². The fraction of sp³-hybridized carbons (Fsp3) is 0.629. The Bertz CT molecular complexity index is 1410. The predicted octanol–water partition coefficient (Wildman–Crippen LogP) is 4.34. The number of carbonyl (C=O) groups is 4. The molecular weight excluding hydrogens is 604 g/mol. The van der Waals surface area contributed by atoms with Gasteiger partial charge >= 0.3 is 12.1 Å². The molecule has 0 bridgehead atoms. The molecule has 47 heavy (non-hydrogen) atoms. The SMILES string of the molecule is C=CC[C@@H]1C[C@]1(NC(=O)[C@@H]1C[C@@H](O/N=C2\CCCc3ccc(OC)cc32)CN1C(=O)[C@@H](NC(=O)OC1CCCC1)C(C)(C)C)C(=O)O. The Hall–Kier alpha value is -4.09. The van der Waals surface area contributed by atoms with Gasteiger partial charge in [-0.3, -0.25) is 9.59 Å². The van der Waals surface area contributed by atoms with Crippen molar-refractivity contribution < 1.29 is 38.6 Å². The van der Waals surface area contributed by atoms with Gasteiger partial charge in [-0.2, -0.15) is 0 Å². The van der Waals surface area contributed by atoms with Crippen molar-refractivity contribution in [2.75, 3.05) is 13.7 Å². The van der Waals surface area contributed by atoms with E-state index >= 15 is 0 Å². The van der Waals surface area contributed by atoms with E-state index in [1.54, 1.807) is 13.2 Å². The number of hydrogen-bond donors (Lipinski definition) is 3. The number of carboxylic acids is 1. The summed E-state index contributed by atoms with van der Waals surface area (Å²) in [6.45, 7) is 9.22. The van der Waals surface area contributed by atoms with Gasteiger partial charge in [0, 0.05) is 12.0 Å². The number of allylic oxidation sites excluding steroid dienone is 1. The Labute approximate surface area is 276 Å². The molecule has 1 heterocycles. The largest absolute Gasteiger partial charge is 0.497 e. The first-order valence-electron chi connectivity index (χ1n) is 16.7. The Kier molecular flexibility index (Phi) is 10.2. The molecule has 3 N–H and O–H groups in total. The van der Waals surface area contributed by atoms with Gasteiger partial charge in [0.05, 0.1) is 19.4 Å². The summed E-state index contributed by atoms with van der Waals surface area (Å²) in [5, 5.41) is 20.1. The molecule has 1 aromatic rings. The van der Waals surface area contributed by atoms with Crippen molar-refractivity contribution in [1.29, 1.82) is 0 Å². The van der Waals surface area contributed by atoms with Crippen molar-refractivity contribution in [2.45, 2.75) is 115 Å². The minimum atomic E-state index is -1.42. The third-order valence-corrected chi connectivity index (χ3v) is 9.88. The molecule has 0 aromatic heterocycles. The van der Waals surface area contributed by atoms with E-state index in [1.807, 2.05) is 39.0 Å². The number of nitrogens with one attached hydrogen (secondary N) is 2. The van der Waals surface area contributed by atoms with Crippen LogP contribution < -0.4 is 15.4 Å². The van der Waals surface area contributed by atoms with Crippen LogP contribution in [0.5, 0.6) is 5.75 Å². The summed E-state index contributed by atoms with van der Waals surface area (Å²) < 4.78 is 11.0. The Morgan fingerprint density at radius 1 is 1.15 bits per heavy atom. The minimum Gasteiger partial charge on any atom is -0.497 e. The smallest absolute Gasteiger partial charge is 0.408 e. The molecule has 0 radical (unpaired) electrons. The zero-order valence-corrected chi connectivity index (χ0v) is 27.9. The Morgan fingerprint density at radius 2 is 1.89 bits per heavy atom. The molecule has 5 rings (SSSR count). The van der Waals surface area contributed by atoms with Crippen LogP contribution in [-0.2, 0) is 30.4 Å². The summed E-state index contributed by atoms with van der Waals surface area (Å²) in [7, 11) is 1.61. The number of aliphatic carboxylic acids is 1. The first kappa shape index (κ1) is 34.3. The molecule has 1 saturated heterocycles. The van der Waals surface area contributed by atoms with Gasteiger partial charge in [-0.1, -0.05) is 38.1 Å². The molecule has 2 saturated carbocycles. The number of aryl methyl sites for hydroxylation is 1. The van der Waals surface area contributed by atoms with Crippen LogP contribution in [0.1, 0.15) is 89.7 Å². The van der Waals surface area contributed by atoms with Crippen molar-refractivity contribution in [3.05, 3.63) is 42.0 Å². The molecule has 3 fully saturated rings. The Morgan fingerprint density at radius 3 is 2.55 bits per heavy atom. The van der Waals surface area contributed by atoms with Crippen molar-refractivity contribution >= 4 is 29.6 Å². The molecule has 0 spiro atoms. The minimum absolute atomic E-state index is 0.0285. The van der Waals surface area contributed by atoms with E-state index in [9.17, 15) is 24.3 Å². The third kappa shape index (κ3) is 7.57. The number of methoxy groups -OCH3 is 1. The van der Waals surface area contributed by atoms with E-state index in [2.05, 4.69) is 22.4 Å². The average molecular weight is 653 g/mol. The maximum absolute atomic E-state index is 14.3. The van der Waals surface area contributed by atoms with Crippen molar-refractivity contribution in [1.82, 2.24) is 15.5 Å². The van der Waals surface area contributed by atoms with Crippen LogP contribution in [-0.4, -0.2) is 83.1 Å². The van der Waals surface area contributed by atoms with Crippen LogP contribution in [0, 0.1) is 11.3 Å². The van der Waals surface area contributed by atoms with Gasteiger partial charge in [0.2, 0.25) is 11.8 Å². The number of fused-ring (bicyclic) bond motifs is 1. The van der Waals surface area contributed by atoms with Crippen LogP contribution in [0.15, 0.2) is 36.0 Å². The molecule has 12 nitrogen and oxygen atoms in total. The predicted molar refractivity (Wildman–Crippen MR) is 174 cm³/mol. The van der Waals surface area contributed by atoms with Gasteiger partial charge in [-0.05, 0) is 86.8 Å². The molecule has 1 aromatic carbocycles. The number of nitrogens with zero attached hydrogens (tertiary/aromatic N) is 2. The summed E-state index contributed by atoms with van der Waals surface area (Å²) in [4.78, 5) is 60.8. The lowest BCUT2D eigenvalue weighted by Gasteiger charge is -2.35. The summed E-state index contributed by atoms with van der Waals surface area (Å²) >= 11 is 0. The summed E-state index contributed by atoms with van der Waals surface area (Å²) in [6.07, 6.45) is 7.00. The highest BCUT2D eigenvalue weighted by molar-refractivity contribution is 6.02. The van der Waals surface area contributed by atoms with E-state index < -0.39 is 53.0 Å². The maximum Gasteiger partial charge on any atom is 0.408 e. The van der Waals surface area contributed by atoms with Gasteiger partial charge < -0.3 is 35.0 Å². The molecular formula is C35H48N4O8. The number of alkyl carbamates (subject to hydrolysis) is 1. The van der Waals surface area contributed by atoms with E-state index in [4.69, 9.17) is 14.3 Å². The fourth-order valence-corrected chi connectivity index (χ4v) is 7.06. The van der Waals surface area contributed by atoms with Gasteiger partial charge in [0.25, 0.3) is 0 Å². The molecule has 4 aliphatic rings. The molecule has 256 valence electrons.